The summed E-state index contributed by atoms with van der Waals surface area (Å²) in [6, 6.07) is 4.88. The van der Waals surface area contributed by atoms with Crippen LogP contribution in [0.1, 0.15) is 5.69 Å². The average molecular weight is 267 g/mol. The predicted octanol–water partition coefficient (Wildman–Crippen LogP) is 3.21. The third kappa shape index (κ3) is 1.70. The number of nitrogens with zero attached hydrogens (tertiary/aromatic N) is 2. The van der Waals surface area contributed by atoms with E-state index in [-0.39, 0.29) is 10.6 Å². The number of pyridine rings is 1. The SMILES string of the molecule is Cc1cc2c([N+](=O)[O-])ccc(Br)c2cn1. The second kappa shape index (κ2) is 3.58. The molecule has 0 amide bonds. The molecule has 0 aliphatic heterocycles. The summed E-state index contributed by atoms with van der Waals surface area (Å²) in [5.41, 5.74) is 0.877. The van der Waals surface area contributed by atoms with Crippen LogP contribution in [0.2, 0.25) is 0 Å². The van der Waals surface area contributed by atoms with Crippen molar-refractivity contribution in [2.75, 3.05) is 0 Å². The molecule has 0 unspecified atom stereocenters. The van der Waals surface area contributed by atoms with Crippen molar-refractivity contribution in [3.63, 3.8) is 0 Å². The number of nitro benzene ring substituents is 1. The van der Waals surface area contributed by atoms with E-state index in [2.05, 4.69) is 20.9 Å². The lowest BCUT2D eigenvalue weighted by atomic mass is 10.1. The number of benzene rings is 1. The van der Waals surface area contributed by atoms with E-state index in [0.29, 0.717) is 5.39 Å². The van der Waals surface area contributed by atoms with E-state index in [4.69, 9.17) is 0 Å². The van der Waals surface area contributed by atoms with Crippen molar-refractivity contribution in [1.29, 1.82) is 0 Å². The normalized spacial score (nSPS) is 10.5. The minimum Gasteiger partial charge on any atom is -0.261 e. The maximum absolute atomic E-state index is 10.8. The van der Waals surface area contributed by atoms with Gasteiger partial charge in [0.2, 0.25) is 0 Å². The maximum Gasteiger partial charge on any atom is 0.277 e. The molecule has 0 bridgehead atoms. The Morgan fingerprint density at radius 2 is 2.13 bits per heavy atom. The summed E-state index contributed by atoms with van der Waals surface area (Å²) in [5.74, 6) is 0. The molecule has 15 heavy (non-hydrogen) atoms. The topological polar surface area (TPSA) is 56.0 Å². The molecule has 4 nitrogen and oxygen atoms in total. The van der Waals surface area contributed by atoms with Crippen LogP contribution in [-0.4, -0.2) is 9.91 Å². The fourth-order valence-electron chi connectivity index (χ4n) is 1.45. The van der Waals surface area contributed by atoms with Crippen LogP contribution in [0.4, 0.5) is 5.69 Å². The second-order valence-corrected chi connectivity index (χ2v) is 4.05. The highest BCUT2D eigenvalue weighted by molar-refractivity contribution is 9.10. The zero-order valence-electron chi connectivity index (χ0n) is 7.90. The van der Waals surface area contributed by atoms with Gasteiger partial charge in [0.15, 0.2) is 0 Å². The Morgan fingerprint density at radius 1 is 1.40 bits per heavy atom. The highest BCUT2D eigenvalue weighted by atomic mass is 79.9. The van der Waals surface area contributed by atoms with E-state index in [0.717, 1.165) is 15.6 Å². The first-order valence-electron chi connectivity index (χ1n) is 4.29. The van der Waals surface area contributed by atoms with Gasteiger partial charge in [0.25, 0.3) is 5.69 Å². The molecule has 0 fully saturated rings. The molecule has 0 radical (unpaired) electrons. The van der Waals surface area contributed by atoms with Gasteiger partial charge in [-0.25, -0.2) is 0 Å². The highest BCUT2D eigenvalue weighted by Crippen LogP contribution is 2.31. The Hall–Kier alpha value is -1.49. The lowest BCUT2D eigenvalue weighted by molar-refractivity contribution is -0.383. The minimum atomic E-state index is -0.381. The third-order valence-electron chi connectivity index (χ3n) is 2.16. The number of rotatable bonds is 1. The summed E-state index contributed by atoms with van der Waals surface area (Å²) in [5, 5.41) is 12.2. The number of fused-ring (bicyclic) bond motifs is 1. The van der Waals surface area contributed by atoms with Gasteiger partial charge in [-0.15, -0.1) is 0 Å². The summed E-state index contributed by atoms with van der Waals surface area (Å²) in [4.78, 5) is 14.5. The minimum absolute atomic E-state index is 0.110. The van der Waals surface area contributed by atoms with Gasteiger partial charge in [0, 0.05) is 27.8 Å². The van der Waals surface area contributed by atoms with Gasteiger partial charge in [-0.05, 0) is 19.1 Å². The number of aromatic nitrogens is 1. The molecule has 0 atom stereocenters. The number of hydrogen-bond acceptors (Lipinski definition) is 3. The molecule has 0 aliphatic rings. The van der Waals surface area contributed by atoms with E-state index in [1.54, 1.807) is 18.3 Å². The van der Waals surface area contributed by atoms with Crippen molar-refractivity contribution in [3.8, 4) is 0 Å². The Morgan fingerprint density at radius 3 is 2.80 bits per heavy atom. The van der Waals surface area contributed by atoms with E-state index in [1.165, 1.54) is 6.07 Å². The Kier molecular flexibility index (Phi) is 2.40. The van der Waals surface area contributed by atoms with Crippen molar-refractivity contribution in [2.45, 2.75) is 6.92 Å². The smallest absolute Gasteiger partial charge is 0.261 e. The number of aryl methyl sites for hydroxylation is 1. The highest BCUT2D eigenvalue weighted by Gasteiger charge is 2.13. The monoisotopic (exact) mass is 266 g/mol. The summed E-state index contributed by atoms with van der Waals surface area (Å²) < 4.78 is 0.815. The Bertz CT molecular complexity index is 554. The van der Waals surface area contributed by atoms with Gasteiger partial charge < -0.3 is 0 Å². The first-order chi connectivity index (χ1) is 7.09. The van der Waals surface area contributed by atoms with E-state index in [1.807, 2.05) is 6.92 Å². The number of halogens is 1. The predicted molar refractivity (Wildman–Crippen MR) is 60.8 cm³/mol. The second-order valence-electron chi connectivity index (χ2n) is 3.19. The lowest BCUT2D eigenvalue weighted by Crippen LogP contribution is -1.91. The Labute approximate surface area is 94.2 Å². The third-order valence-corrected chi connectivity index (χ3v) is 2.85. The molecule has 0 saturated heterocycles. The Balaban J connectivity index is 2.90. The van der Waals surface area contributed by atoms with E-state index >= 15 is 0 Å². The van der Waals surface area contributed by atoms with Crippen molar-refractivity contribution in [2.24, 2.45) is 0 Å². The maximum atomic E-state index is 10.8. The van der Waals surface area contributed by atoms with Crippen LogP contribution in [0.15, 0.2) is 28.9 Å². The van der Waals surface area contributed by atoms with Gasteiger partial charge in [-0.3, -0.25) is 15.1 Å². The quantitative estimate of drug-likeness (QED) is 0.588. The molecule has 2 aromatic rings. The summed E-state index contributed by atoms with van der Waals surface area (Å²) in [6.45, 7) is 1.81. The first kappa shape index (κ1) is 10.0. The average Bonchev–Trinajstić information content (AvgIpc) is 2.17. The van der Waals surface area contributed by atoms with Crippen molar-refractivity contribution < 1.29 is 4.92 Å². The molecule has 0 saturated carbocycles. The molecule has 76 valence electrons. The van der Waals surface area contributed by atoms with Crippen molar-refractivity contribution in [3.05, 3.63) is 44.7 Å². The van der Waals surface area contributed by atoms with Crippen LogP contribution < -0.4 is 0 Å². The van der Waals surface area contributed by atoms with Gasteiger partial charge in [0.1, 0.15) is 0 Å². The van der Waals surface area contributed by atoms with Crippen LogP contribution in [-0.2, 0) is 0 Å². The summed E-state index contributed by atoms with van der Waals surface area (Å²) >= 11 is 3.34. The van der Waals surface area contributed by atoms with Crippen LogP contribution in [0, 0.1) is 17.0 Å². The van der Waals surface area contributed by atoms with Crippen molar-refractivity contribution in [1.82, 2.24) is 4.98 Å². The fraction of sp³-hybridized carbons (Fsp3) is 0.100. The summed E-state index contributed by atoms with van der Waals surface area (Å²) in [7, 11) is 0. The van der Waals surface area contributed by atoms with Gasteiger partial charge in [-0.1, -0.05) is 15.9 Å². The summed E-state index contributed by atoms with van der Waals surface area (Å²) in [6.07, 6.45) is 1.64. The zero-order valence-corrected chi connectivity index (χ0v) is 9.48. The molecule has 1 aromatic heterocycles. The van der Waals surface area contributed by atoms with E-state index in [9.17, 15) is 10.1 Å². The molecule has 1 aromatic carbocycles. The van der Waals surface area contributed by atoms with Crippen LogP contribution >= 0.6 is 15.9 Å². The first-order valence-corrected chi connectivity index (χ1v) is 5.08. The zero-order chi connectivity index (χ0) is 11.0. The van der Waals surface area contributed by atoms with Crippen LogP contribution in [0.3, 0.4) is 0 Å². The van der Waals surface area contributed by atoms with Gasteiger partial charge >= 0.3 is 0 Å². The fourth-order valence-corrected chi connectivity index (χ4v) is 1.90. The number of non-ortho nitro benzene ring substituents is 1. The largest absolute Gasteiger partial charge is 0.277 e. The van der Waals surface area contributed by atoms with E-state index < -0.39 is 0 Å². The van der Waals surface area contributed by atoms with Crippen LogP contribution in [0.5, 0.6) is 0 Å². The van der Waals surface area contributed by atoms with Gasteiger partial charge in [0.05, 0.1) is 10.3 Å². The molecule has 0 aliphatic carbocycles. The molecule has 0 N–H and O–H groups in total. The number of hydrogen-bond donors (Lipinski definition) is 0. The van der Waals surface area contributed by atoms with Gasteiger partial charge in [-0.2, -0.15) is 0 Å². The standard InChI is InChI=1S/C10H7BrN2O2/c1-6-4-7-8(5-12-6)9(11)2-3-10(7)13(14)15/h2-5H,1H3. The lowest BCUT2D eigenvalue weighted by Gasteiger charge is -2.02. The molecule has 0 spiro atoms. The molecule has 1 heterocycles. The van der Waals surface area contributed by atoms with Crippen molar-refractivity contribution >= 4 is 32.4 Å². The molecule has 5 heteroatoms. The molecular formula is C10H7BrN2O2. The molecule has 2 rings (SSSR count). The number of nitro groups is 1. The van der Waals surface area contributed by atoms with Crippen LogP contribution in [0.25, 0.3) is 10.8 Å². The molecular weight excluding hydrogens is 260 g/mol.